The van der Waals surface area contributed by atoms with Crippen LogP contribution in [0.15, 0.2) is 47.4 Å². The predicted octanol–water partition coefficient (Wildman–Crippen LogP) is 2.48. The summed E-state index contributed by atoms with van der Waals surface area (Å²) in [4.78, 5) is 13.4. The number of hydrogen-bond acceptors (Lipinski definition) is 6. The van der Waals surface area contributed by atoms with Crippen molar-refractivity contribution in [3.05, 3.63) is 53.0 Å². The molecule has 7 nitrogen and oxygen atoms in total. The lowest BCUT2D eigenvalue weighted by Crippen LogP contribution is -2.35. The van der Waals surface area contributed by atoms with E-state index in [2.05, 4.69) is 0 Å². The lowest BCUT2D eigenvalue weighted by molar-refractivity contribution is -0.124. The number of amides is 1. The Labute approximate surface area is 186 Å². The molecule has 0 saturated heterocycles. The standard InChI is InChI=1S/C23H35NO6S/c1-18(6-11-21(25)23(2,3)27)13-16-30-20-9-7-19(8-10-20)12-15-24(4)22(26)14-17-31(5,28)29/h7-10,13-14,17,21,25,27H,6,11-12,15-16H2,1-5H3/b17-14+,18-13+. The number of ether oxygens (including phenoxy) is 1. The van der Waals surface area contributed by atoms with Gasteiger partial charge in [-0.25, -0.2) is 8.42 Å². The molecule has 0 fully saturated rings. The molecule has 1 amide bonds. The summed E-state index contributed by atoms with van der Waals surface area (Å²) < 4.78 is 27.9. The zero-order valence-electron chi connectivity index (χ0n) is 19.0. The Morgan fingerprint density at radius 2 is 1.87 bits per heavy atom. The van der Waals surface area contributed by atoms with Crippen LogP contribution in [0.4, 0.5) is 0 Å². The van der Waals surface area contributed by atoms with E-state index in [1.165, 1.54) is 4.90 Å². The molecule has 1 aromatic rings. The third kappa shape index (κ3) is 11.7. The first-order valence-corrected chi connectivity index (χ1v) is 12.1. The van der Waals surface area contributed by atoms with E-state index in [1.807, 2.05) is 37.3 Å². The molecule has 0 aromatic heterocycles. The first-order chi connectivity index (χ1) is 14.3. The van der Waals surface area contributed by atoms with Gasteiger partial charge in [-0.1, -0.05) is 17.7 Å². The van der Waals surface area contributed by atoms with Gasteiger partial charge in [-0.2, -0.15) is 0 Å². The minimum atomic E-state index is -3.32. The lowest BCUT2D eigenvalue weighted by atomic mass is 9.96. The van der Waals surface area contributed by atoms with Crippen molar-refractivity contribution in [2.75, 3.05) is 26.5 Å². The number of aliphatic hydroxyl groups is 2. The van der Waals surface area contributed by atoms with Crippen molar-refractivity contribution in [3.63, 3.8) is 0 Å². The quantitative estimate of drug-likeness (QED) is 0.372. The number of carbonyl (C=O) groups is 1. The maximum absolute atomic E-state index is 11.9. The van der Waals surface area contributed by atoms with Gasteiger partial charge in [0.2, 0.25) is 5.91 Å². The van der Waals surface area contributed by atoms with Crippen LogP contribution in [0.5, 0.6) is 5.75 Å². The van der Waals surface area contributed by atoms with Crippen LogP contribution in [0.25, 0.3) is 0 Å². The van der Waals surface area contributed by atoms with Crippen molar-refractivity contribution in [3.8, 4) is 5.75 Å². The fraction of sp³-hybridized carbons (Fsp3) is 0.522. The van der Waals surface area contributed by atoms with E-state index in [9.17, 15) is 23.4 Å². The summed E-state index contributed by atoms with van der Waals surface area (Å²) in [7, 11) is -1.69. The second kappa shape index (κ2) is 12.0. The van der Waals surface area contributed by atoms with E-state index >= 15 is 0 Å². The highest BCUT2D eigenvalue weighted by atomic mass is 32.2. The first kappa shape index (κ1) is 26.9. The summed E-state index contributed by atoms with van der Waals surface area (Å²) in [6, 6.07) is 7.58. The van der Waals surface area contributed by atoms with Crippen LogP contribution in [0, 0.1) is 0 Å². The van der Waals surface area contributed by atoms with Crippen molar-refractivity contribution < 1.29 is 28.2 Å². The van der Waals surface area contributed by atoms with Crippen LogP contribution in [-0.2, 0) is 21.1 Å². The van der Waals surface area contributed by atoms with Crippen molar-refractivity contribution in [2.45, 2.75) is 51.7 Å². The number of sulfone groups is 1. The van der Waals surface area contributed by atoms with Gasteiger partial charge < -0.3 is 19.8 Å². The number of nitrogens with zero attached hydrogens (tertiary/aromatic N) is 1. The third-order valence-corrected chi connectivity index (χ3v) is 5.43. The Hall–Kier alpha value is -2.16. The fourth-order valence-electron chi connectivity index (χ4n) is 2.57. The van der Waals surface area contributed by atoms with Gasteiger partial charge in [0, 0.05) is 31.3 Å². The van der Waals surface area contributed by atoms with Crippen molar-refractivity contribution in [1.82, 2.24) is 4.90 Å². The molecule has 1 atom stereocenters. The maximum Gasteiger partial charge on any atom is 0.247 e. The Kier molecular flexibility index (Phi) is 10.4. The summed E-state index contributed by atoms with van der Waals surface area (Å²) in [5.41, 5.74) is 1.01. The van der Waals surface area contributed by atoms with Gasteiger partial charge in [0.05, 0.1) is 11.7 Å². The van der Waals surface area contributed by atoms with E-state index in [0.717, 1.165) is 34.6 Å². The normalized spacial score (nSPS) is 14.0. The molecule has 0 bridgehead atoms. The molecule has 0 spiro atoms. The molecular weight excluding hydrogens is 418 g/mol. The van der Waals surface area contributed by atoms with Crippen LogP contribution in [0.2, 0.25) is 0 Å². The van der Waals surface area contributed by atoms with Gasteiger partial charge in [-0.15, -0.1) is 0 Å². The van der Waals surface area contributed by atoms with E-state index < -0.39 is 21.5 Å². The van der Waals surface area contributed by atoms with Crippen LogP contribution < -0.4 is 4.74 Å². The Morgan fingerprint density at radius 3 is 2.42 bits per heavy atom. The average molecular weight is 454 g/mol. The lowest BCUT2D eigenvalue weighted by Gasteiger charge is -2.24. The van der Waals surface area contributed by atoms with Gasteiger partial charge in [-0.05, 0) is 63.8 Å². The topological polar surface area (TPSA) is 104 Å². The fourth-order valence-corrected chi connectivity index (χ4v) is 2.93. The number of benzene rings is 1. The van der Waals surface area contributed by atoms with Crippen molar-refractivity contribution in [1.29, 1.82) is 0 Å². The monoisotopic (exact) mass is 453 g/mol. The zero-order valence-corrected chi connectivity index (χ0v) is 19.9. The summed E-state index contributed by atoms with van der Waals surface area (Å²) >= 11 is 0. The van der Waals surface area contributed by atoms with Crippen molar-refractivity contribution >= 4 is 15.7 Å². The molecule has 31 heavy (non-hydrogen) atoms. The average Bonchev–Trinajstić information content (AvgIpc) is 2.68. The summed E-state index contributed by atoms with van der Waals surface area (Å²) in [5.74, 6) is 0.368. The van der Waals surface area contributed by atoms with E-state index in [4.69, 9.17) is 4.74 Å². The minimum absolute atomic E-state index is 0.359. The number of likely N-dealkylation sites (N-methyl/N-ethyl adjacent to an activating group) is 1. The number of aliphatic hydroxyl groups excluding tert-OH is 1. The van der Waals surface area contributed by atoms with Gasteiger partial charge in [0.1, 0.15) is 12.4 Å². The molecule has 1 rings (SSSR count). The van der Waals surface area contributed by atoms with E-state index in [0.29, 0.717) is 32.4 Å². The second-order valence-electron chi connectivity index (χ2n) is 8.36. The summed E-state index contributed by atoms with van der Waals surface area (Å²) in [5, 5.41) is 20.5. The van der Waals surface area contributed by atoms with E-state index in [-0.39, 0.29) is 5.91 Å². The number of hydrogen-bond donors (Lipinski definition) is 2. The number of carbonyl (C=O) groups excluding carboxylic acids is 1. The second-order valence-corrected chi connectivity index (χ2v) is 10.3. The van der Waals surface area contributed by atoms with Gasteiger partial charge in [0.15, 0.2) is 9.84 Å². The Morgan fingerprint density at radius 1 is 1.26 bits per heavy atom. The molecule has 174 valence electrons. The summed E-state index contributed by atoms with van der Waals surface area (Å²) in [6.07, 6.45) is 5.09. The largest absolute Gasteiger partial charge is 0.490 e. The Balaban J connectivity index is 2.43. The molecule has 0 heterocycles. The van der Waals surface area contributed by atoms with Crippen LogP contribution >= 0.6 is 0 Å². The minimum Gasteiger partial charge on any atom is -0.490 e. The third-order valence-electron chi connectivity index (χ3n) is 4.80. The molecule has 1 aromatic carbocycles. The molecule has 8 heteroatoms. The molecule has 1 unspecified atom stereocenters. The zero-order chi connectivity index (χ0) is 23.7. The molecule has 2 N–H and O–H groups in total. The smallest absolute Gasteiger partial charge is 0.247 e. The summed E-state index contributed by atoms with van der Waals surface area (Å²) in [6.45, 7) is 6.02. The maximum atomic E-state index is 11.9. The van der Waals surface area contributed by atoms with Gasteiger partial charge in [-0.3, -0.25) is 4.79 Å². The number of allylic oxidation sites excluding steroid dienone is 1. The molecule has 0 aliphatic rings. The van der Waals surface area contributed by atoms with E-state index in [1.54, 1.807) is 20.9 Å². The highest BCUT2D eigenvalue weighted by Crippen LogP contribution is 2.17. The molecule has 0 saturated carbocycles. The molecular formula is C23H35NO6S. The predicted molar refractivity (Wildman–Crippen MR) is 123 cm³/mol. The van der Waals surface area contributed by atoms with Crippen LogP contribution in [0.3, 0.4) is 0 Å². The van der Waals surface area contributed by atoms with Gasteiger partial charge >= 0.3 is 0 Å². The number of rotatable bonds is 12. The highest BCUT2D eigenvalue weighted by molar-refractivity contribution is 7.93. The first-order valence-electron chi connectivity index (χ1n) is 10.2. The van der Waals surface area contributed by atoms with Crippen LogP contribution in [-0.4, -0.2) is 67.6 Å². The molecule has 0 aliphatic heterocycles. The molecule has 0 radical (unpaired) electrons. The van der Waals surface area contributed by atoms with Crippen LogP contribution in [0.1, 0.15) is 39.2 Å². The van der Waals surface area contributed by atoms with Crippen molar-refractivity contribution in [2.24, 2.45) is 0 Å². The SMILES string of the molecule is C/C(=C\COc1ccc(CCN(C)C(=O)/C=C/S(C)(=O)=O)cc1)CCC(O)C(C)(C)O. The Bertz CT molecular complexity index is 866. The highest BCUT2D eigenvalue weighted by Gasteiger charge is 2.23. The molecule has 0 aliphatic carbocycles. The van der Waals surface area contributed by atoms with Gasteiger partial charge in [0.25, 0.3) is 0 Å².